The zero-order chi connectivity index (χ0) is 13.1. The summed E-state index contributed by atoms with van der Waals surface area (Å²) in [6.07, 6.45) is -2.47. The number of rotatable bonds is 1. The van der Waals surface area contributed by atoms with E-state index in [-0.39, 0.29) is 11.3 Å². The van der Waals surface area contributed by atoms with Crippen molar-refractivity contribution in [2.24, 2.45) is 11.3 Å². The van der Waals surface area contributed by atoms with E-state index in [0.29, 0.717) is 0 Å². The normalized spacial score (nSPS) is 23.2. The molecule has 1 saturated carbocycles. The van der Waals surface area contributed by atoms with Gasteiger partial charge in [0, 0.05) is 11.6 Å². The maximum absolute atomic E-state index is 11.9. The van der Waals surface area contributed by atoms with Crippen LogP contribution in [0.25, 0.3) is 0 Å². The lowest BCUT2D eigenvalue weighted by Gasteiger charge is -2.04. The summed E-state index contributed by atoms with van der Waals surface area (Å²) in [5.74, 6) is -0.00775. The molecular weight excluding hydrogens is 268 g/mol. The molecule has 0 amide bonds. The molecule has 0 radical (unpaired) electrons. The van der Waals surface area contributed by atoms with Gasteiger partial charge in [0.25, 0.3) is 0 Å². The Morgan fingerprint density at radius 1 is 1.44 bits per heavy atom. The first kappa shape index (κ1) is 15.6. The molecule has 7 heteroatoms. The van der Waals surface area contributed by atoms with Gasteiger partial charge in [0.05, 0.1) is 0 Å². The summed E-state index contributed by atoms with van der Waals surface area (Å²) in [5, 5.41) is 6.19. The molecule has 1 rings (SSSR count). The Labute approximate surface area is 101 Å². The third kappa shape index (κ3) is 6.23. The van der Waals surface area contributed by atoms with E-state index in [2.05, 4.69) is 11.6 Å². The number of alkyl halides is 3. The van der Waals surface area contributed by atoms with Gasteiger partial charge in [-0.15, -0.1) is 0 Å². The topological polar surface area (TPSA) is 37.3 Å². The van der Waals surface area contributed by atoms with Crippen LogP contribution in [-0.2, 0) is 0 Å². The third-order valence-corrected chi connectivity index (χ3v) is 2.55. The Balaban J connectivity index is 0.000000487. The zero-order valence-electron chi connectivity index (χ0n) is 8.61. The summed E-state index contributed by atoms with van der Waals surface area (Å²) in [6, 6.07) is 0. The third-order valence-electron chi connectivity index (χ3n) is 2.21. The first-order valence-electron chi connectivity index (χ1n) is 4.30. The first-order chi connectivity index (χ1) is 6.97. The maximum atomic E-state index is 11.9. The van der Waals surface area contributed by atoms with Crippen LogP contribution in [0.3, 0.4) is 0 Å². The van der Waals surface area contributed by atoms with Crippen molar-refractivity contribution in [3.05, 3.63) is 11.1 Å². The van der Waals surface area contributed by atoms with E-state index < -0.39 is 16.6 Å². The lowest BCUT2D eigenvalue weighted by atomic mass is 10.1. The summed E-state index contributed by atoms with van der Waals surface area (Å²) in [6.45, 7) is 3.85. The molecule has 0 aromatic heterocycles. The predicted molar refractivity (Wildman–Crippen MR) is 55.8 cm³/mol. The van der Waals surface area contributed by atoms with E-state index >= 15 is 0 Å². The second kappa shape index (κ2) is 5.27. The second-order valence-corrected chi connectivity index (χ2v) is 4.80. The summed E-state index contributed by atoms with van der Waals surface area (Å²) >= 11 is 9.25. The highest BCUT2D eigenvalue weighted by Gasteiger charge is 2.46. The fourth-order valence-corrected chi connectivity index (χ4v) is 1.22. The Morgan fingerprint density at radius 2 is 1.75 bits per heavy atom. The molecule has 1 unspecified atom stereocenters. The molecule has 1 N–H and O–H groups in total. The van der Waals surface area contributed by atoms with Crippen LogP contribution < -0.4 is 0 Å². The lowest BCUT2D eigenvalue weighted by molar-refractivity contribution is -0.0848. The van der Waals surface area contributed by atoms with Crippen LogP contribution in [0.5, 0.6) is 0 Å². The minimum Gasteiger partial charge on any atom is -0.469 e. The van der Waals surface area contributed by atoms with Crippen molar-refractivity contribution in [3.63, 3.8) is 0 Å². The largest absolute Gasteiger partial charge is 0.469 e. The maximum Gasteiger partial charge on any atom is 0.426 e. The average molecular weight is 279 g/mol. The van der Waals surface area contributed by atoms with Gasteiger partial charge >= 0.3 is 11.6 Å². The second-order valence-electron chi connectivity index (χ2n) is 4.06. The fourth-order valence-electron chi connectivity index (χ4n) is 1.06. The average Bonchev–Trinajstić information content (AvgIpc) is 2.54. The highest BCUT2D eigenvalue weighted by Crippen LogP contribution is 2.53. The van der Waals surface area contributed by atoms with Crippen molar-refractivity contribution in [1.29, 1.82) is 0 Å². The number of halogens is 5. The first-order valence-corrected chi connectivity index (χ1v) is 5.05. The van der Waals surface area contributed by atoms with Crippen molar-refractivity contribution in [3.8, 4) is 0 Å². The van der Waals surface area contributed by atoms with Gasteiger partial charge in [0.2, 0.25) is 0 Å². The fraction of sp³-hybridized carbons (Fsp3) is 0.667. The highest BCUT2D eigenvalue weighted by atomic mass is 35.5. The van der Waals surface area contributed by atoms with E-state index in [0.717, 1.165) is 12.5 Å². The molecule has 1 fully saturated rings. The zero-order valence-corrected chi connectivity index (χ0v) is 10.1. The van der Waals surface area contributed by atoms with Gasteiger partial charge in [-0.25, -0.2) is 4.79 Å². The molecule has 1 aliphatic carbocycles. The minimum absolute atomic E-state index is 0.00535. The van der Waals surface area contributed by atoms with Crippen molar-refractivity contribution >= 4 is 28.6 Å². The van der Waals surface area contributed by atoms with Crippen LogP contribution in [-0.4, -0.2) is 16.7 Å². The standard InChI is InChI=1S/C8H10ClF3.CHClO2/c1-7(2)4-5(7)3-6(9)8(10,11)12;2-1(3)4/h3,5H,4H2,1-2H3;(H,3,4). The summed E-state index contributed by atoms with van der Waals surface area (Å²) < 4.78 is 35.7. The summed E-state index contributed by atoms with van der Waals surface area (Å²) in [7, 11) is 0. The SMILES string of the molecule is CC1(C)CC1C=C(Cl)C(F)(F)F.O=C(O)Cl. The van der Waals surface area contributed by atoms with Crippen LogP contribution in [0.1, 0.15) is 20.3 Å². The number of allylic oxidation sites excluding steroid dienone is 2. The summed E-state index contributed by atoms with van der Waals surface area (Å²) in [5.41, 5.74) is -1.36. The van der Waals surface area contributed by atoms with Crippen molar-refractivity contribution < 1.29 is 23.1 Å². The summed E-state index contributed by atoms with van der Waals surface area (Å²) in [4.78, 5) is 8.77. The van der Waals surface area contributed by atoms with Crippen molar-refractivity contribution in [2.75, 3.05) is 0 Å². The van der Waals surface area contributed by atoms with Gasteiger partial charge < -0.3 is 5.11 Å². The molecule has 0 aromatic rings. The van der Waals surface area contributed by atoms with Gasteiger partial charge in [-0.2, -0.15) is 13.2 Å². The molecule has 0 saturated heterocycles. The van der Waals surface area contributed by atoms with Gasteiger partial charge in [0.15, 0.2) is 0 Å². The predicted octanol–water partition coefficient (Wildman–Crippen LogP) is 4.62. The Bertz CT molecular complexity index is 294. The highest BCUT2D eigenvalue weighted by molar-refractivity contribution is 6.60. The molecule has 1 atom stereocenters. The van der Waals surface area contributed by atoms with Gasteiger partial charge in [0.1, 0.15) is 5.03 Å². The number of carbonyl (C=O) groups is 1. The van der Waals surface area contributed by atoms with E-state index in [1.165, 1.54) is 0 Å². The van der Waals surface area contributed by atoms with Crippen LogP contribution in [0.2, 0.25) is 0 Å². The molecular formula is C9H11Cl2F3O2. The molecule has 2 nitrogen and oxygen atoms in total. The molecule has 0 spiro atoms. The van der Waals surface area contributed by atoms with Crippen LogP contribution in [0.4, 0.5) is 18.0 Å². The molecule has 0 aliphatic heterocycles. The molecule has 1 aliphatic rings. The molecule has 0 heterocycles. The lowest BCUT2D eigenvalue weighted by Crippen LogP contribution is -2.07. The quantitative estimate of drug-likeness (QED) is 0.711. The monoisotopic (exact) mass is 278 g/mol. The van der Waals surface area contributed by atoms with E-state index in [1.807, 2.05) is 13.8 Å². The smallest absolute Gasteiger partial charge is 0.426 e. The van der Waals surface area contributed by atoms with Crippen LogP contribution in [0, 0.1) is 11.3 Å². The van der Waals surface area contributed by atoms with E-state index in [4.69, 9.17) is 21.5 Å². The molecule has 0 bridgehead atoms. The van der Waals surface area contributed by atoms with Gasteiger partial charge in [-0.3, -0.25) is 0 Å². The number of hydrogen-bond donors (Lipinski definition) is 1. The van der Waals surface area contributed by atoms with Crippen LogP contribution in [0.15, 0.2) is 11.1 Å². The van der Waals surface area contributed by atoms with Gasteiger partial charge in [-0.05, 0) is 17.8 Å². The number of carboxylic acid groups (broad SMARTS) is 1. The van der Waals surface area contributed by atoms with Gasteiger partial charge in [-0.1, -0.05) is 31.5 Å². The Morgan fingerprint density at radius 3 is 1.94 bits per heavy atom. The Hall–Kier alpha value is -0.420. The minimum atomic E-state index is -4.37. The van der Waals surface area contributed by atoms with Crippen molar-refractivity contribution in [1.82, 2.24) is 0 Å². The van der Waals surface area contributed by atoms with Crippen molar-refractivity contribution in [2.45, 2.75) is 26.4 Å². The molecule has 0 aromatic carbocycles. The Kier molecular flexibility index (Phi) is 5.14. The molecule has 94 valence electrons. The van der Waals surface area contributed by atoms with E-state index in [1.54, 1.807) is 0 Å². The van der Waals surface area contributed by atoms with Crippen LogP contribution >= 0.6 is 23.2 Å². The number of hydrogen-bond acceptors (Lipinski definition) is 1. The van der Waals surface area contributed by atoms with E-state index in [9.17, 15) is 13.2 Å². The molecule has 16 heavy (non-hydrogen) atoms.